The molecule has 1 aliphatic heterocycles. The molecule has 116 valence electrons. The molecule has 1 N–H and O–H groups in total. The van der Waals surface area contributed by atoms with Crippen LogP contribution in [-0.4, -0.2) is 22.2 Å². The molecule has 0 saturated carbocycles. The zero-order chi connectivity index (χ0) is 16.0. The van der Waals surface area contributed by atoms with Gasteiger partial charge in [-0.2, -0.15) is 12.5 Å². The highest BCUT2D eigenvalue weighted by Gasteiger charge is 2.44. The highest BCUT2D eigenvalue weighted by atomic mass is 35.5. The minimum Gasteiger partial charge on any atom is -0.609 e. The van der Waals surface area contributed by atoms with Gasteiger partial charge in [-0.25, -0.2) is 0 Å². The number of hydrogen-bond acceptors (Lipinski definition) is 5. The van der Waals surface area contributed by atoms with Gasteiger partial charge in [-0.1, -0.05) is 23.7 Å². The molecule has 0 saturated heterocycles. The molecule has 1 heterocycles. The van der Waals surface area contributed by atoms with E-state index in [4.69, 9.17) is 16.3 Å². The summed E-state index contributed by atoms with van der Waals surface area (Å²) in [5.74, 6) is 0.505. The van der Waals surface area contributed by atoms with Crippen LogP contribution in [0.25, 0.3) is 0 Å². The number of fused-ring (bicyclic) bond motifs is 1. The van der Waals surface area contributed by atoms with Crippen LogP contribution in [0, 0.1) is 5.21 Å². The maximum absolute atomic E-state index is 13.1. The number of quaternary nitrogens is 1. The fourth-order valence-electron chi connectivity index (χ4n) is 2.37. The first-order valence-corrected chi connectivity index (χ1v) is 8.23. The highest BCUT2D eigenvalue weighted by molar-refractivity contribution is 7.91. The standard InChI is InChI=1S/C14H13ClN2O4S/c1-21-10-6-7-14-12(8-10)16-9-17(18,22(14,19)20)13-5-3-2-4-11(13)15/h2-8,16H,9H2,1H3. The van der Waals surface area contributed by atoms with E-state index in [9.17, 15) is 13.6 Å². The number of ether oxygens (including phenoxy) is 1. The molecule has 0 aliphatic carbocycles. The van der Waals surface area contributed by atoms with E-state index in [-0.39, 0.29) is 22.3 Å². The average Bonchev–Trinajstić information content (AvgIpc) is 2.51. The third kappa shape index (κ3) is 2.05. The van der Waals surface area contributed by atoms with E-state index < -0.39 is 14.1 Å². The van der Waals surface area contributed by atoms with Crippen molar-refractivity contribution in [1.29, 1.82) is 0 Å². The Morgan fingerprint density at radius 1 is 1.27 bits per heavy atom. The van der Waals surface area contributed by atoms with Crippen molar-refractivity contribution in [2.24, 2.45) is 0 Å². The van der Waals surface area contributed by atoms with Gasteiger partial charge in [-0.15, -0.1) is 0 Å². The number of rotatable bonds is 2. The number of benzene rings is 2. The van der Waals surface area contributed by atoms with Gasteiger partial charge in [0.15, 0.2) is 12.4 Å². The Bertz CT molecular complexity index is 840. The molecule has 1 atom stereocenters. The lowest BCUT2D eigenvalue weighted by atomic mass is 10.3. The molecule has 0 radical (unpaired) electrons. The number of halogens is 1. The van der Waals surface area contributed by atoms with Gasteiger partial charge in [0.05, 0.1) is 12.8 Å². The predicted molar refractivity (Wildman–Crippen MR) is 85.3 cm³/mol. The maximum Gasteiger partial charge on any atom is 0.335 e. The van der Waals surface area contributed by atoms with Gasteiger partial charge in [-0.3, -0.25) is 0 Å². The first-order valence-electron chi connectivity index (χ1n) is 6.41. The minimum atomic E-state index is -4.20. The van der Waals surface area contributed by atoms with Gasteiger partial charge in [0.2, 0.25) is 0 Å². The zero-order valence-corrected chi connectivity index (χ0v) is 13.2. The summed E-state index contributed by atoms with van der Waals surface area (Å²) >= 11 is 6.02. The third-order valence-electron chi connectivity index (χ3n) is 3.55. The number of nitrogens with one attached hydrogen (secondary N) is 1. The Kier molecular flexibility index (Phi) is 3.53. The van der Waals surface area contributed by atoms with Crippen LogP contribution in [0.2, 0.25) is 5.02 Å². The second kappa shape index (κ2) is 5.13. The lowest BCUT2D eigenvalue weighted by Crippen LogP contribution is -2.54. The van der Waals surface area contributed by atoms with Gasteiger partial charge in [0.25, 0.3) is 0 Å². The summed E-state index contributed by atoms with van der Waals surface area (Å²) in [5, 5.41) is 16.0. The Morgan fingerprint density at radius 3 is 2.68 bits per heavy atom. The Morgan fingerprint density at radius 2 is 2.00 bits per heavy atom. The van der Waals surface area contributed by atoms with Gasteiger partial charge in [0.1, 0.15) is 15.7 Å². The Balaban J connectivity index is 2.20. The first-order chi connectivity index (χ1) is 10.4. The van der Waals surface area contributed by atoms with Crippen molar-refractivity contribution in [2.75, 3.05) is 19.1 Å². The molecule has 0 amide bonds. The van der Waals surface area contributed by atoms with Crippen molar-refractivity contribution >= 4 is 33.0 Å². The van der Waals surface area contributed by atoms with Crippen LogP contribution in [0.5, 0.6) is 5.75 Å². The fourth-order valence-corrected chi connectivity index (χ4v) is 4.32. The van der Waals surface area contributed by atoms with Gasteiger partial charge in [0, 0.05) is 12.1 Å². The molecule has 3 rings (SSSR count). The number of sulfonamides is 1. The lowest BCUT2D eigenvalue weighted by molar-refractivity contribution is 0.414. The van der Waals surface area contributed by atoms with E-state index in [1.165, 1.54) is 31.4 Å². The van der Waals surface area contributed by atoms with Gasteiger partial charge in [-0.05, 0) is 18.2 Å². The van der Waals surface area contributed by atoms with E-state index in [0.717, 1.165) is 0 Å². The molecule has 0 aromatic heterocycles. The van der Waals surface area contributed by atoms with Crippen molar-refractivity contribution in [3.8, 4) is 5.75 Å². The zero-order valence-electron chi connectivity index (χ0n) is 11.6. The van der Waals surface area contributed by atoms with E-state index in [1.807, 2.05) is 0 Å². The predicted octanol–water partition coefficient (Wildman–Crippen LogP) is 2.93. The molecular weight excluding hydrogens is 328 g/mol. The van der Waals surface area contributed by atoms with Crippen LogP contribution in [0.1, 0.15) is 0 Å². The summed E-state index contributed by atoms with van der Waals surface area (Å²) in [6.45, 7) is -0.369. The van der Waals surface area contributed by atoms with Crippen LogP contribution in [-0.2, 0) is 10.0 Å². The average molecular weight is 341 g/mol. The SMILES string of the molecule is COc1ccc2c(c1)NC[N+]([O-])(c1ccccc1Cl)S2(=O)=O. The molecule has 0 bridgehead atoms. The number of para-hydroxylation sites is 1. The quantitative estimate of drug-likeness (QED) is 0.671. The molecule has 2 aromatic rings. The minimum absolute atomic E-state index is 0.0156. The van der Waals surface area contributed by atoms with Crippen molar-refractivity contribution in [3.63, 3.8) is 0 Å². The molecule has 0 fully saturated rings. The lowest BCUT2D eigenvalue weighted by Gasteiger charge is -2.43. The summed E-state index contributed by atoms with van der Waals surface area (Å²) in [6, 6.07) is 10.5. The fraction of sp³-hybridized carbons (Fsp3) is 0.143. The van der Waals surface area contributed by atoms with Crippen molar-refractivity contribution in [2.45, 2.75) is 4.90 Å². The number of nitrogens with zero attached hydrogens (tertiary/aromatic N) is 1. The molecular formula is C14H13ClN2O4S. The third-order valence-corrected chi connectivity index (χ3v) is 5.88. The van der Waals surface area contributed by atoms with Crippen LogP contribution in [0.15, 0.2) is 47.4 Å². The van der Waals surface area contributed by atoms with E-state index in [1.54, 1.807) is 18.2 Å². The van der Waals surface area contributed by atoms with Crippen LogP contribution >= 0.6 is 11.6 Å². The number of hydrogen-bond donors (Lipinski definition) is 1. The Hall–Kier alpha value is -1.80. The van der Waals surface area contributed by atoms with E-state index >= 15 is 0 Å². The summed E-state index contributed by atoms with van der Waals surface area (Å²) < 4.78 is 29.1. The maximum atomic E-state index is 13.1. The summed E-state index contributed by atoms with van der Waals surface area (Å²) in [7, 11) is -2.72. The van der Waals surface area contributed by atoms with Gasteiger partial charge >= 0.3 is 10.0 Å². The molecule has 6 nitrogen and oxygen atoms in total. The van der Waals surface area contributed by atoms with Crippen LogP contribution in [0.3, 0.4) is 0 Å². The molecule has 1 unspecified atom stereocenters. The molecule has 0 spiro atoms. The molecule has 1 aliphatic rings. The number of hydroxylamine groups is 1. The van der Waals surface area contributed by atoms with Crippen molar-refractivity contribution in [3.05, 3.63) is 52.7 Å². The van der Waals surface area contributed by atoms with Crippen molar-refractivity contribution in [1.82, 2.24) is 4.05 Å². The smallest absolute Gasteiger partial charge is 0.335 e. The normalized spacial score (nSPS) is 22.5. The first kappa shape index (κ1) is 15.1. The largest absolute Gasteiger partial charge is 0.609 e. The summed E-state index contributed by atoms with van der Waals surface area (Å²) in [6.07, 6.45) is 0. The monoisotopic (exact) mass is 340 g/mol. The molecule has 22 heavy (non-hydrogen) atoms. The second-order valence-corrected chi connectivity index (χ2v) is 7.18. The van der Waals surface area contributed by atoms with Crippen LogP contribution in [0.4, 0.5) is 11.4 Å². The molecule has 2 aromatic carbocycles. The second-order valence-electron chi connectivity index (χ2n) is 4.80. The summed E-state index contributed by atoms with van der Waals surface area (Å²) in [5.41, 5.74) is 0.328. The van der Waals surface area contributed by atoms with Gasteiger partial charge < -0.3 is 15.3 Å². The van der Waals surface area contributed by atoms with Crippen molar-refractivity contribution < 1.29 is 13.2 Å². The summed E-state index contributed by atoms with van der Waals surface area (Å²) in [4.78, 5) is -0.0746. The van der Waals surface area contributed by atoms with E-state index in [0.29, 0.717) is 11.4 Å². The van der Waals surface area contributed by atoms with Crippen LogP contribution < -0.4 is 14.1 Å². The highest BCUT2D eigenvalue weighted by Crippen LogP contribution is 2.42. The molecule has 8 heteroatoms. The van der Waals surface area contributed by atoms with E-state index in [2.05, 4.69) is 5.32 Å². The Labute approximate surface area is 133 Å². The number of anilines is 1. The number of methoxy groups -OCH3 is 1. The topological polar surface area (TPSA) is 78.5 Å².